The Morgan fingerprint density at radius 1 is 0.947 bits per heavy atom. The lowest BCUT2D eigenvalue weighted by molar-refractivity contribution is -0.142. The number of carboxylic acids is 1. The van der Waals surface area contributed by atoms with Crippen molar-refractivity contribution in [2.24, 2.45) is 0 Å². The van der Waals surface area contributed by atoms with E-state index in [0.717, 1.165) is 11.1 Å². The number of benzene rings is 2. The van der Waals surface area contributed by atoms with Crippen LogP contribution in [0.2, 0.25) is 0 Å². The minimum absolute atomic E-state index is 0.288. The van der Waals surface area contributed by atoms with Gasteiger partial charge in [-0.25, -0.2) is 0 Å². The summed E-state index contributed by atoms with van der Waals surface area (Å²) in [6, 6.07) is 18.5. The Balaban J connectivity index is 2.65. The van der Waals surface area contributed by atoms with E-state index in [9.17, 15) is 9.90 Å². The molecule has 19 heavy (non-hydrogen) atoms. The molecule has 0 heterocycles. The number of aliphatic carboxylic acids is 1. The first-order valence-corrected chi connectivity index (χ1v) is 6.65. The predicted molar refractivity (Wildman–Crippen MR) is 76.6 cm³/mol. The molecule has 2 nitrogen and oxygen atoms in total. The average Bonchev–Trinajstić information content (AvgIpc) is 2.46. The van der Waals surface area contributed by atoms with E-state index in [4.69, 9.17) is 11.6 Å². The molecule has 2 aromatic rings. The zero-order valence-corrected chi connectivity index (χ0v) is 11.2. The molecule has 0 unspecified atom stereocenters. The van der Waals surface area contributed by atoms with E-state index in [-0.39, 0.29) is 5.88 Å². The number of halogens is 1. The second-order valence-corrected chi connectivity index (χ2v) is 4.76. The molecule has 3 heteroatoms. The molecule has 2 aromatic carbocycles. The molecule has 0 bridgehead atoms. The largest absolute Gasteiger partial charge is 0.480 e. The molecule has 0 amide bonds. The second kappa shape index (κ2) is 5.89. The van der Waals surface area contributed by atoms with Crippen LogP contribution in [-0.4, -0.2) is 17.0 Å². The Kier molecular flexibility index (Phi) is 4.23. The van der Waals surface area contributed by atoms with Gasteiger partial charge in [0.15, 0.2) is 0 Å². The maximum atomic E-state index is 12.0. The number of rotatable bonds is 5. The third-order valence-electron chi connectivity index (χ3n) is 3.37. The Morgan fingerprint density at radius 3 is 1.68 bits per heavy atom. The molecule has 0 aliphatic carbocycles. The normalized spacial score (nSPS) is 11.2. The summed E-state index contributed by atoms with van der Waals surface area (Å²) in [6.45, 7) is 0. The molecule has 0 atom stereocenters. The maximum absolute atomic E-state index is 12.0. The molecule has 1 N–H and O–H groups in total. The lowest BCUT2D eigenvalue weighted by Crippen LogP contribution is -2.37. The molecule has 0 aliphatic heterocycles. The highest BCUT2D eigenvalue weighted by Crippen LogP contribution is 2.36. The molecule has 0 radical (unpaired) electrons. The summed E-state index contributed by atoms with van der Waals surface area (Å²) in [7, 11) is 0. The molecule has 98 valence electrons. The summed E-state index contributed by atoms with van der Waals surface area (Å²) in [4.78, 5) is 12.0. The van der Waals surface area contributed by atoms with Gasteiger partial charge in [-0.05, 0) is 17.5 Å². The number of alkyl halides is 1. The van der Waals surface area contributed by atoms with E-state index >= 15 is 0 Å². The van der Waals surface area contributed by atoms with E-state index in [1.165, 1.54) is 0 Å². The van der Waals surface area contributed by atoms with Crippen molar-refractivity contribution in [3.8, 4) is 0 Å². The first-order valence-electron chi connectivity index (χ1n) is 6.12. The summed E-state index contributed by atoms with van der Waals surface area (Å²) in [5.41, 5.74) is 0.438. The van der Waals surface area contributed by atoms with Crippen LogP contribution in [-0.2, 0) is 10.2 Å². The summed E-state index contributed by atoms with van der Waals surface area (Å²) < 4.78 is 0. The Morgan fingerprint density at radius 2 is 1.37 bits per heavy atom. The van der Waals surface area contributed by atoms with Crippen LogP contribution < -0.4 is 0 Å². The first kappa shape index (κ1) is 13.6. The standard InChI is InChI=1S/C16H15ClO2/c17-12-11-16(15(18)19,13-7-3-1-4-8-13)14-9-5-2-6-10-14/h1-10H,11-12H2,(H,18,19). The van der Waals surface area contributed by atoms with Crippen molar-refractivity contribution in [3.63, 3.8) is 0 Å². The fourth-order valence-electron chi connectivity index (χ4n) is 2.40. The van der Waals surface area contributed by atoms with Gasteiger partial charge in [0.25, 0.3) is 0 Å². The van der Waals surface area contributed by atoms with Crippen LogP contribution in [0.4, 0.5) is 0 Å². The van der Waals surface area contributed by atoms with Crippen LogP contribution in [0.3, 0.4) is 0 Å². The maximum Gasteiger partial charge on any atom is 0.318 e. The Hall–Kier alpha value is -1.80. The average molecular weight is 275 g/mol. The molecule has 0 spiro atoms. The van der Waals surface area contributed by atoms with Crippen LogP contribution in [0.25, 0.3) is 0 Å². The number of carbonyl (C=O) groups is 1. The summed E-state index contributed by atoms with van der Waals surface area (Å²) in [5.74, 6) is -0.582. The van der Waals surface area contributed by atoms with E-state index < -0.39 is 11.4 Å². The zero-order chi connectivity index (χ0) is 13.7. The molecule has 0 saturated carbocycles. The van der Waals surface area contributed by atoms with Crippen molar-refractivity contribution in [1.82, 2.24) is 0 Å². The van der Waals surface area contributed by atoms with E-state index in [1.54, 1.807) is 0 Å². The van der Waals surface area contributed by atoms with Crippen LogP contribution in [0.1, 0.15) is 17.5 Å². The Bertz CT molecular complexity index is 498. The summed E-state index contributed by atoms with van der Waals surface area (Å²) in [6.07, 6.45) is 0.359. The third kappa shape index (κ3) is 2.49. The van der Waals surface area contributed by atoms with Crippen LogP contribution >= 0.6 is 11.6 Å². The smallest absolute Gasteiger partial charge is 0.318 e. The molecule has 0 fully saturated rings. The molecule has 2 rings (SSSR count). The molecular weight excluding hydrogens is 260 g/mol. The van der Waals surface area contributed by atoms with Crippen molar-refractivity contribution in [1.29, 1.82) is 0 Å². The Labute approximate surface area is 117 Å². The molecule has 0 aromatic heterocycles. The molecule has 0 aliphatic rings. The summed E-state index contributed by atoms with van der Waals surface area (Å²) in [5, 5.41) is 9.80. The fourth-order valence-corrected chi connectivity index (χ4v) is 2.68. The third-order valence-corrected chi connectivity index (χ3v) is 3.56. The molecule has 0 saturated heterocycles. The predicted octanol–water partition coefficient (Wildman–Crippen LogP) is 3.69. The minimum atomic E-state index is -1.08. The van der Waals surface area contributed by atoms with Gasteiger partial charge in [0.1, 0.15) is 5.41 Å². The van der Waals surface area contributed by atoms with Gasteiger partial charge in [-0.3, -0.25) is 4.79 Å². The van der Waals surface area contributed by atoms with Crippen molar-refractivity contribution in [3.05, 3.63) is 71.8 Å². The van der Waals surface area contributed by atoms with E-state index in [1.807, 2.05) is 60.7 Å². The number of hydrogen-bond acceptors (Lipinski definition) is 1. The van der Waals surface area contributed by atoms with Crippen LogP contribution in [0, 0.1) is 0 Å². The highest BCUT2D eigenvalue weighted by molar-refractivity contribution is 6.18. The quantitative estimate of drug-likeness (QED) is 0.845. The van der Waals surface area contributed by atoms with Gasteiger partial charge in [0.05, 0.1) is 0 Å². The highest BCUT2D eigenvalue weighted by atomic mass is 35.5. The van der Waals surface area contributed by atoms with Crippen molar-refractivity contribution in [2.45, 2.75) is 11.8 Å². The SMILES string of the molecule is O=C(O)C(CCCl)(c1ccccc1)c1ccccc1. The van der Waals surface area contributed by atoms with Gasteiger partial charge in [0.2, 0.25) is 0 Å². The lowest BCUT2D eigenvalue weighted by atomic mass is 9.72. The topological polar surface area (TPSA) is 37.3 Å². The first-order chi connectivity index (χ1) is 9.21. The van der Waals surface area contributed by atoms with Crippen molar-refractivity contribution < 1.29 is 9.90 Å². The van der Waals surface area contributed by atoms with Crippen LogP contribution in [0.15, 0.2) is 60.7 Å². The van der Waals surface area contributed by atoms with Gasteiger partial charge in [-0.15, -0.1) is 11.6 Å². The minimum Gasteiger partial charge on any atom is -0.480 e. The number of hydrogen-bond donors (Lipinski definition) is 1. The van der Waals surface area contributed by atoms with Crippen molar-refractivity contribution >= 4 is 17.6 Å². The zero-order valence-electron chi connectivity index (χ0n) is 10.4. The van der Waals surface area contributed by atoms with Gasteiger partial charge >= 0.3 is 5.97 Å². The summed E-state index contributed by atoms with van der Waals surface area (Å²) >= 11 is 5.87. The van der Waals surface area contributed by atoms with E-state index in [0.29, 0.717) is 6.42 Å². The van der Waals surface area contributed by atoms with E-state index in [2.05, 4.69) is 0 Å². The van der Waals surface area contributed by atoms with Gasteiger partial charge in [-0.1, -0.05) is 60.7 Å². The molecular formula is C16H15ClO2. The van der Waals surface area contributed by atoms with Crippen LogP contribution in [0.5, 0.6) is 0 Å². The van der Waals surface area contributed by atoms with Gasteiger partial charge in [-0.2, -0.15) is 0 Å². The second-order valence-electron chi connectivity index (χ2n) is 4.38. The van der Waals surface area contributed by atoms with Gasteiger partial charge in [0, 0.05) is 5.88 Å². The van der Waals surface area contributed by atoms with Gasteiger partial charge < -0.3 is 5.11 Å². The lowest BCUT2D eigenvalue weighted by Gasteiger charge is -2.30. The fraction of sp³-hybridized carbons (Fsp3) is 0.188. The monoisotopic (exact) mass is 274 g/mol. The number of carboxylic acid groups (broad SMARTS) is 1. The van der Waals surface area contributed by atoms with Crippen molar-refractivity contribution in [2.75, 3.05) is 5.88 Å². The highest BCUT2D eigenvalue weighted by Gasteiger charge is 2.41.